The minimum atomic E-state index is -0.208. The van der Waals surface area contributed by atoms with Crippen LogP contribution in [0.1, 0.15) is 24.8 Å². The minimum absolute atomic E-state index is 0.0244. The molecule has 0 aliphatic carbocycles. The first-order chi connectivity index (χ1) is 13.6. The first kappa shape index (κ1) is 18.3. The van der Waals surface area contributed by atoms with Gasteiger partial charge in [-0.1, -0.05) is 18.2 Å². The van der Waals surface area contributed by atoms with E-state index in [0.717, 1.165) is 48.1 Å². The zero-order valence-electron chi connectivity index (χ0n) is 16.0. The Morgan fingerprint density at radius 1 is 1.25 bits per heavy atom. The van der Waals surface area contributed by atoms with Gasteiger partial charge in [-0.15, -0.1) is 0 Å². The number of piperidine rings is 1. The molecule has 7 heteroatoms. The molecule has 28 heavy (non-hydrogen) atoms. The molecule has 1 aliphatic rings. The Morgan fingerprint density at radius 2 is 2.11 bits per heavy atom. The van der Waals surface area contributed by atoms with E-state index in [4.69, 9.17) is 0 Å². The molecule has 1 unspecified atom stereocenters. The van der Waals surface area contributed by atoms with Gasteiger partial charge in [-0.05, 0) is 37.0 Å². The number of H-pyrrole nitrogens is 1. The normalized spacial score (nSPS) is 17.0. The minimum Gasteiger partial charge on any atom is -0.354 e. The number of aromatic amines is 1. The third kappa shape index (κ3) is 3.78. The summed E-state index contributed by atoms with van der Waals surface area (Å²) in [6.07, 6.45) is 5.60. The van der Waals surface area contributed by atoms with Gasteiger partial charge < -0.3 is 14.8 Å². The second kappa shape index (κ2) is 7.88. The quantitative estimate of drug-likeness (QED) is 0.710. The van der Waals surface area contributed by atoms with Crippen molar-refractivity contribution in [2.24, 2.45) is 7.05 Å². The molecule has 1 saturated heterocycles. The zero-order chi connectivity index (χ0) is 19.5. The Balaban J connectivity index is 1.41. The van der Waals surface area contributed by atoms with Crippen molar-refractivity contribution in [3.8, 4) is 0 Å². The number of anilines is 1. The van der Waals surface area contributed by atoms with Gasteiger partial charge in [0.05, 0.1) is 6.42 Å². The molecular formula is C21H25N5O2. The van der Waals surface area contributed by atoms with Crippen LogP contribution in [0.4, 0.5) is 5.82 Å². The van der Waals surface area contributed by atoms with Crippen molar-refractivity contribution in [3.05, 3.63) is 58.5 Å². The van der Waals surface area contributed by atoms with E-state index in [1.54, 1.807) is 6.07 Å². The molecule has 1 fully saturated rings. The first-order valence-corrected chi connectivity index (χ1v) is 9.74. The largest absolute Gasteiger partial charge is 0.354 e. The van der Waals surface area contributed by atoms with Crippen molar-refractivity contribution in [2.45, 2.75) is 31.7 Å². The summed E-state index contributed by atoms with van der Waals surface area (Å²) in [5.74, 6) is 0.781. The van der Waals surface area contributed by atoms with Gasteiger partial charge in [0.15, 0.2) is 0 Å². The Bertz CT molecular complexity index is 1020. The van der Waals surface area contributed by atoms with E-state index in [-0.39, 0.29) is 17.5 Å². The number of hydrogen-bond acceptors (Lipinski definition) is 4. The number of fused-ring (bicyclic) bond motifs is 1. The number of amides is 1. The van der Waals surface area contributed by atoms with Gasteiger partial charge in [0.2, 0.25) is 5.91 Å². The van der Waals surface area contributed by atoms with Gasteiger partial charge in [0.1, 0.15) is 5.82 Å². The van der Waals surface area contributed by atoms with Crippen molar-refractivity contribution in [2.75, 3.05) is 18.0 Å². The Hall–Kier alpha value is -3.09. The highest BCUT2D eigenvalue weighted by molar-refractivity contribution is 5.89. The predicted molar refractivity (Wildman–Crippen MR) is 109 cm³/mol. The second-order valence-corrected chi connectivity index (χ2v) is 7.39. The molecule has 0 saturated carbocycles. The van der Waals surface area contributed by atoms with Crippen LogP contribution in [0.15, 0.2) is 47.4 Å². The number of nitrogens with one attached hydrogen (secondary N) is 2. The van der Waals surface area contributed by atoms with Crippen LogP contribution in [-0.4, -0.2) is 39.8 Å². The van der Waals surface area contributed by atoms with Crippen LogP contribution < -0.4 is 15.8 Å². The molecule has 0 bridgehead atoms. The number of aromatic nitrogens is 3. The smallest absolute Gasteiger partial charge is 0.264 e. The average molecular weight is 379 g/mol. The molecule has 0 radical (unpaired) electrons. The highest BCUT2D eigenvalue weighted by Crippen LogP contribution is 2.22. The van der Waals surface area contributed by atoms with Crippen molar-refractivity contribution < 1.29 is 4.79 Å². The molecule has 146 valence electrons. The summed E-state index contributed by atoms with van der Waals surface area (Å²) in [6.45, 7) is 1.45. The highest BCUT2D eigenvalue weighted by atomic mass is 16.1. The van der Waals surface area contributed by atoms with E-state index in [1.165, 1.54) is 6.07 Å². The van der Waals surface area contributed by atoms with Gasteiger partial charge in [-0.25, -0.2) is 5.10 Å². The predicted octanol–water partition coefficient (Wildman–Crippen LogP) is 1.98. The fourth-order valence-electron chi connectivity index (χ4n) is 4.05. The summed E-state index contributed by atoms with van der Waals surface area (Å²) in [5, 5.41) is 10.9. The van der Waals surface area contributed by atoms with Crippen LogP contribution in [0, 0.1) is 0 Å². The number of rotatable bonds is 5. The van der Waals surface area contributed by atoms with E-state index in [9.17, 15) is 9.59 Å². The van der Waals surface area contributed by atoms with Crippen molar-refractivity contribution >= 4 is 22.6 Å². The van der Waals surface area contributed by atoms with Crippen molar-refractivity contribution in [3.63, 3.8) is 0 Å². The summed E-state index contributed by atoms with van der Waals surface area (Å²) in [7, 11) is 2.00. The summed E-state index contributed by atoms with van der Waals surface area (Å²) in [5.41, 5.74) is 1.96. The van der Waals surface area contributed by atoms with Gasteiger partial charge in [0.25, 0.3) is 5.56 Å². The van der Waals surface area contributed by atoms with E-state index in [1.807, 2.05) is 25.4 Å². The number of carbonyl (C=O) groups excluding carboxylic acids is 1. The summed E-state index contributed by atoms with van der Waals surface area (Å²) >= 11 is 0. The lowest BCUT2D eigenvalue weighted by atomic mass is 10.0. The van der Waals surface area contributed by atoms with Crippen LogP contribution in [0.5, 0.6) is 0 Å². The lowest BCUT2D eigenvalue weighted by molar-refractivity contribution is -0.120. The number of nitrogens with zero attached hydrogens (tertiary/aromatic N) is 3. The SMILES string of the molecule is Cn1cc(CC(=O)NCC2CCCCN2c2ccc(=O)[nH]n2)c2ccccc21. The molecule has 1 aliphatic heterocycles. The molecule has 0 spiro atoms. The number of para-hydroxylation sites is 1. The number of hydrogen-bond donors (Lipinski definition) is 2. The molecule has 2 aromatic heterocycles. The van der Waals surface area contributed by atoms with Gasteiger partial charge in [-0.2, -0.15) is 5.10 Å². The maximum Gasteiger partial charge on any atom is 0.264 e. The third-order valence-corrected chi connectivity index (χ3v) is 5.45. The number of aryl methyl sites for hydroxylation is 1. The van der Waals surface area contributed by atoms with Crippen LogP contribution in [-0.2, 0) is 18.3 Å². The first-order valence-electron chi connectivity index (χ1n) is 9.74. The van der Waals surface area contributed by atoms with E-state index < -0.39 is 0 Å². The van der Waals surface area contributed by atoms with E-state index >= 15 is 0 Å². The lowest BCUT2D eigenvalue weighted by Crippen LogP contribution is -2.47. The monoisotopic (exact) mass is 379 g/mol. The van der Waals surface area contributed by atoms with E-state index in [0.29, 0.717) is 13.0 Å². The molecule has 3 heterocycles. The maximum absolute atomic E-state index is 12.6. The van der Waals surface area contributed by atoms with Crippen molar-refractivity contribution in [1.82, 2.24) is 20.1 Å². The fraction of sp³-hybridized carbons (Fsp3) is 0.381. The third-order valence-electron chi connectivity index (χ3n) is 5.45. The summed E-state index contributed by atoms with van der Waals surface area (Å²) in [4.78, 5) is 26.0. The maximum atomic E-state index is 12.6. The standard InChI is InChI=1S/C21H25N5O2/c1-25-14-15(17-7-2-3-8-18(17)25)12-21(28)22-13-16-6-4-5-11-26(16)19-9-10-20(27)24-23-19/h2-3,7-10,14,16H,4-6,11-13H2,1H3,(H,22,28)(H,24,27). The van der Waals surface area contributed by atoms with Gasteiger partial charge in [0, 0.05) is 49.3 Å². The van der Waals surface area contributed by atoms with Crippen LogP contribution in [0.25, 0.3) is 10.9 Å². The van der Waals surface area contributed by atoms with Gasteiger partial charge in [-0.3, -0.25) is 9.59 Å². The zero-order valence-corrected chi connectivity index (χ0v) is 16.0. The topological polar surface area (TPSA) is 83.0 Å². The highest BCUT2D eigenvalue weighted by Gasteiger charge is 2.24. The molecule has 1 amide bonds. The van der Waals surface area contributed by atoms with E-state index in [2.05, 4.69) is 37.1 Å². The van der Waals surface area contributed by atoms with Crippen LogP contribution >= 0.6 is 0 Å². The molecule has 4 rings (SSSR count). The molecule has 2 N–H and O–H groups in total. The molecule has 3 aromatic rings. The fourth-order valence-corrected chi connectivity index (χ4v) is 4.05. The molecular weight excluding hydrogens is 354 g/mol. The number of carbonyl (C=O) groups is 1. The second-order valence-electron chi connectivity index (χ2n) is 7.39. The summed E-state index contributed by atoms with van der Waals surface area (Å²) in [6, 6.07) is 11.6. The lowest BCUT2D eigenvalue weighted by Gasteiger charge is -2.36. The number of benzene rings is 1. The Morgan fingerprint density at radius 3 is 2.93 bits per heavy atom. The van der Waals surface area contributed by atoms with Gasteiger partial charge >= 0.3 is 0 Å². The Kier molecular flexibility index (Phi) is 5.14. The summed E-state index contributed by atoms with van der Waals surface area (Å²) < 4.78 is 2.06. The van der Waals surface area contributed by atoms with Crippen LogP contribution in [0.2, 0.25) is 0 Å². The van der Waals surface area contributed by atoms with Crippen LogP contribution in [0.3, 0.4) is 0 Å². The molecule has 1 aromatic carbocycles. The van der Waals surface area contributed by atoms with Crippen molar-refractivity contribution in [1.29, 1.82) is 0 Å². The Labute approximate surface area is 163 Å². The molecule has 7 nitrogen and oxygen atoms in total. The molecule has 1 atom stereocenters. The average Bonchev–Trinajstić information content (AvgIpc) is 3.03.